The lowest BCUT2D eigenvalue weighted by Crippen LogP contribution is -2.42. The van der Waals surface area contributed by atoms with Crippen LogP contribution in [-0.4, -0.2) is 37.3 Å². The predicted molar refractivity (Wildman–Crippen MR) is 124 cm³/mol. The van der Waals surface area contributed by atoms with Crippen LogP contribution in [0.15, 0.2) is 42.5 Å². The average Bonchev–Trinajstić information content (AvgIpc) is 3.28. The molecule has 1 aliphatic carbocycles. The number of benzene rings is 2. The van der Waals surface area contributed by atoms with Crippen molar-refractivity contribution in [1.82, 2.24) is 25.5 Å². The van der Waals surface area contributed by atoms with Gasteiger partial charge in [0.15, 0.2) is 5.82 Å². The van der Waals surface area contributed by atoms with Crippen molar-refractivity contribution in [3.63, 3.8) is 0 Å². The second-order valence-corrected chi connectivity index (χ2v) is 8.92. The highest BCUT2D eigenvalue weighted by atomic mass is 16.4. The third-order valence-electron chi connectivity index (χ3n) is 6.64. The Balaban J connectivity index is 1.71. The summed E-state index contributed by atoms with van der Waals surface area (Å²) in [5.41, 5.74) is 1.06. The minimum Gasteiger partial charge on any atom is -0.481 e. The van der Waals surface area contributed by atoms with Crippen LogP contribution in [0.2, 0.25) is 0 Å². The lowest BCUT2D eigenvalue weighted by Gasteiger charge is -2.33. The number of fused-ring (bicyclic) bond motifs is 1. The Morgan fingerprint density at radius 3 is 2.69 bits per heavy atom. The molecule has 1 fully saturated rings. The van der Waals surface area contributed by atoms with E-state index in [1.165, 1.54) is 11.8 Å². The molecule has 0 saturated heterocycles. The van der Waals surface area contributed by atoms with Gasteiger partial charge in [0.1, 0.15) is 0 Å². The Morgan fingerprint density at radius 2 is 1.94 bits per heavy atom. The minimum atomic E-state index is -0.768. The van der Waals surface area contributed by atoms with E-state index in [2.05, 4.69) is 58.1 Å². The van der Waals surface area contributed by atoms with Crippen molar-refractivity contribution in [3.8, 4) is 0 Å². The molecule has 0 spiro atoms. The van der Waals surface area contributed by atoms with Gasteiger partial charge in [-0.3, -0.25) is 10.1 Å². The molecule has 7 heteroatoms. The molecule has 32 heavy (non-hydrogen) atoms. The smallest absolute Gasteiger partial charge is 0.304 e. The molecule has 0 radical (unpaired) electrons. The zero-order valence-corrected chi connectivity index (χ0v) is 18.8. The van der Waals surface area contributed by atoms with E-state index in [9.17, 15) is 9.90 Å². The lowest BCUT2D eigenvalue weighted by molar-refractivity contribution is -0.138. The first-order valence-corrected chi connectivity index (χ1v) is 11.9. The van der Waals surface area contributed by atoms with Crippen LogP contribution in [0.5, 0.6) is 0 Å². The number of aliphatic carboxylic acids is 1. The molecule has 170 valence electrons. The van der Waals surface area contributed by atoms with E-state index >= 15 is 0 Å². The highest BCUT2D eigenvalue weighted by Crippen LogP contribution is 2.31. The Kier molecular flexibility index (Phi) is 7.47. The van der Waals surface area contributed by atoms with Crippen LogP contribution in [0, 0.1) is 5.92 Å². The topological polar surface area (TPSA) is 92.9 Å². The zero-order valence-electron chi connectivity index (χ0n) is 18.8. The maximum absolute atomic E-state index is 11.8. The summed E-state index contributed by atoms with van der Waals surface area (Å²) >= 11 is 0. The van der Waals surface area contributed by atoms with E-state index in [0.29, 0.717) is 5.92 Å². The molecule has 0 aliphatic heterocycles. The third kappa shape index (κ3) is 5.33. The monoisotopic (exact) mass is 435 g/mol. The van der Waals surface area contributed by atoms with Crippen molar-refractivity contribution in [2.24, 2.45) is 5.92 Å². The van der Waals surface area contributed by atoms with Gasteiger partial charge in [0, 0.05) is 12.6 Å². The number of carboxylic acid groups (broad SMARTS) is 1. The zero-order chi connectivity index (χ0) is 22.3. The quantitative estimate of drug-likeness (QED) is 0.478. The molecular formula is C25H33N5O2. The summed E-state index contributed by atoms with van der Waals surface area (Å²) in [6.07, 6.45) is 7.84. The van der Waals surface area contributed by atoms with E-state index in [0.717, 1.165) is 61.8 Å². The Labute approximate surface area is 189 Å². The van der Waals surface area contributed by atoms with Crippen LogP contribution in [0.1, 0.15) is 75.7 Å². The van der Waals surface area contributed by atoms with Crippen LogP contribution in [0.4, 0.5) is 0 Å². The Hall–Kier alpha value is -2.80. The molecule has 3 aromatic rings. The van der Waals surface area contributed by atoms with Crippen molar-refractivity contribution >= 4 is 16.7 Å². The molecular weight excluding hydrogens is 402 g/mol. The summed E-state index contributed by atoms with van der Waals surface area (Å²) in [5, 5.41) is 28.3. The maximum Gasteiger partial charge on any atom is 0.304 e. The second kappa shape index (κ2) is 10.7. The number of hydrogen-bond donors (Lipinski definition) is 2. The molecule has 2 N–H and O–H groups in total. The lowest BCUT2D eigenvalue weighted by atomic mass is 9.82. The molecule has 1 saturated carbocycles. The summed E-state index contributed by atoms with van der Waals surface area (Å²) < 4.78 is 1.87. The van der Waals surface area contributed by atoms with Crippen molar-refractivity contribution in [1.29, 1.82) is 0 Å². The number of carbonyl (C=O) groups is 1. The number of carboxylic acids is 1. The standard InChI is InChI=1S/C25H33N5O2/c1-2-3-15-30-25(27-28-29-30)24(21-14-13-18-9-7-8-12-20(18)16-21)26-22(17-23(31)32)19-10-5-4-6-11-19/h7-9,12-14,16,19,22,24,26H,2-6,10-11,15,17H2,1H3,(H,31,32). The van der Waals surface area contributed by atoms with Gasteiger partial charge in [-0.1, -0.05) is 69.0 Å². The summed E-state index contributed by atoms with van der Waals surface area (Å²) in [5.74, 6) is 0.332. The van der Waals surface area contributed by atoms with Crippen molar-refractivity contribution in [2.75, 3.05) is 0 Å². The number of aryl methyl sites for hydroxylation is 1. The molecule has 2 aromatic carbocycles. The van der Waals surface area contributed by atoms with Gasteiger partial charge in [0.05, 0.1) is 12.5 Å². The molecule has 2 unspecified atom stereocenters. The molecule has 0 amide bonds. The molecule has 1 aromatic heterocycles. The highest BCUT2D eigenvalue weighted by molar-refractivity contribution is 5.83. The molecule has 4 rings (SSSR count). The normalized spacial score (nSPS) is 16.8. The van der Waals surface area contributed by atoms with Gasteiger partial charge < -0.3 is 5.11 Å². The third-order valence-corrected chi connectivity index (χ3v) is 6.64. The fraction of sp³-hybridized carbons (Fsp3) is 0.520. The number of rotatable bonds is 10. The van der Waals surface area contributed by atoms with Crippen molar-refractivity contribution < 1.29 is 9.90 Å². The number of hydrogen-bond acceptors (Lipinski definition) is 5. The predicted octanol–water partition coefficient (Wildman–Crippen LogP) is 4.73. The Bertz CT molecular complexity index is 1030. The molecule has 0 bridgehead atoms. The van der Waals surface area contributed by atoms with Crippen molar-refractivity contribution in [3.05, 3.63) is 53.9 Å². The van der Waals surface area contributed by atoms with Crippen LogP contribution in [-0.2, 0) is 11.3 Å². The number of nitrogens with one attached hydrogen (secondary N) is 1. The van der Waals surface area contributed by atoms with Crippen LogP contribution in [0.25, 0.3) is 10.8 Å². The molecule has 1 heterocycles. The van der Waals surface area contributed by atoms with Crippen LogP contribution >= 0.6 is 0 Å². The molecule has 1 aliphatic rings. The summed E-state index contributed by atoms with van der Waals surface area (Å²) in [7, 11) is 0. The average molecular weight is 436 g/mol. The summed E-state index contributed by atoms with van der Waals surface area (Å²) in [6.45, 7) is 2.90. The largest absolute Gasteiger partial charge is 0.481 e. The number of aromatic nitrogens is 4. The van der Waals surface area contributed by atoms with Crippen LogP contribution < -0.4 is 5.32 Å². The number of unbranched alkanes of at least 4 members (excludes halogenated alkanes) is 1. The van der Waals surface area contributed by atoms with E-state index in [-0.39, 0.29) is 18.5 Å². The Morgan fingerprint density at radius 1 is 1.16 bits per heavy atom. The minimum absolute atomic E-state index is 0.102. The molecule has 2 atom stereocenters. The van der Waals surface area contributed by atoms with Crippen LogP contribution in [0.3, 0.4) is 0 Å². The van der Waals surface area contributed by atoms with Gasteiger partial charge in [-0.15, -0.1) is 5.10 Å². The molecule has 7 nitrogen and oxygen atoms in total. The highest BCUT2D eigenvalue weighted by Gasteiger charge is 2.31. The fourth-order valence-electron chi connectivity index (χ4n) is 4.89. The summed E-state index contributed by atoms with van der Waals surface area (Å²) in [6, 6.07) is 14.3. The first-order valence-electron chi connectivity index (χ1n) is 11.9. The van der Waals surface area contributed by atoms with E-state index < -0.39 is 5.97 Å². The van der Waals surface area contributed by atoms with Gasteiger partial charge in [0.2, 0.25) is 0 Å². The summed E-state index contributed by atoms with van der Waals surface area (Å²) in [4.78, 5) is 11.8. The van der Waals surface area contributed by atoms with E-state index in [1.807, 2.05) is 16.8 Å². The van der Waals surface area contributed by atoms with Gasteiger partial charge in [-0.25, -0.2) is 4.68 Å². The van der Waals surface area contributed by atoms with Gasteiger partial charge in [-0.2, -0.15) is 0 Å². The number of nitrogens with zero attached hydrogens (tertiary/aromatic N) is 4. The van der Waals surface area contributed by atoms with Gasteiger partial charge >= 0.3 is 5.97 Å². The first-order chi connectivity index (χ1) is 15.7. The number of tetrazole rings is 1. The van der Waals surface area contributed by atoms with E-state index in [1.54, 1.807) is 0 Å². The SMILES string of the molecule is CCCCn1nnnc1C(NC(CC(=O)O)C1CCCCC1)c1ccc2ccccc2c1. The van der Waals surface area contributed by atoms with Crippen molar-refractivity contribution in [2.45, 2.75) is 76.9 Å². The first kappa shape index (κ1) is 22.4. The fourth-order valence-corrected chi connectivity index (χ4v) is 4.89. The van der Waals surface area contributed by atoms with Gasteiger partial charge in [-0.05, 0) is 58.0 Å². The second-order valence-electron chi connectivity index (χ2n) is 8.92. The van der Waals surface area contributed by atoms with Gasteiger partial charge in [0.25, 0.3) is 0 Å². The van der Waals surface area contributed by atoms with E-state index in [4.69, 9.17) is 0 Å². The maximum atomic E-state index is 11.8.